The second-order valence-corrected chi connectivity index (χ2v) is 13.1. The topological polar surface area (TPSA) is 152 Å². The normalized spacial score (nSPS) is 21.8. The highest BCUT2D eigenvalue weighted by molar-refractivity contribution is 5.70. The number of aliphatic hydroxyl groups excluding tert-OH is 4. The molecular weight excluding hydrogens is 604 g/mol. The maximum atomic E-state index is 12.6. The molecule has 1 saturated heterocycles. The Hall–Kier alpha value is -1.56. The highest BCUT2D eigenvalue weighted by Crippen LogP contribution is 2.22. The molecule has 0 aliphatic carbocycles. The van der Waals surface area contributed by atoms with E-state index in [1.54, 1.807) is 0 Å². The van der Waals surface area contributed by atoms with Crippen LogP contribution in [-0.4, -0.2) is 89.0 Å². The van der Waals surface area contributed by atoms with Crippen LogP contribution in [0.4, 0.5) is 0 Å². The summed E-state index contributed by atoms with van der Waals surface area (Å²) in [4.78, 5) is 25.0. The molecule has 1 rings (SSSR count). The van der Waals surface area contributed by atoms with Crippen LogP contribution in [0.2, 0.25) is 0 Å². The first-order valence-corrected chi connectivity index (χ1v) is 18.7. The fourth-order valence-corrected chi connectivity index (χ4v) is 5.76. The Kier molecular flexibility index (Phi) is 27.2. The van der Waals surface area contributed by atoms with Gasteiger partial charge in [-0.05, 0) is 25.7 Å². The molecule has 0 spiro atoms. The van der Waals surface area contributed by atoms with Crippen molar-refractivity contribution in [2.75, 3.05) is 19.8 Å². The van der Waals surface area contributed by atoms with E-state index in [9.17, 15) is 30.0 Å². The summed E-state index contributed by atoms with van der Waals surface area (Å²) in [6.07, 6.45) is 18.6. The standard InChI is InChI=1S/C37H68O10/c1-3-5-7-9-11-12-13-14-15-16-17-18-20-21-23-25-32(39)44-28-30(46-33(40)26-24-22-19-10-8-6-4-2)29-45-37-36(43)35(42)34(41)31(27-38)47-37/h3,30-31,34-38,41-43H,1,4-29H2,2H3/t30-,31-,34+,35?,36?,37-/m0/s1. The predicted molar refractivity (Wildman–Crippen MR) is 183 cm³/mol. The third-order valence-electron chi connectivity index (χ3n) is 8.80. The molecule has 0 aromatic carbocycles. The molecule has 276 valence electrons. The summed E-state index contributed by atoms with van der Waals surface area (Å²) in [5.74, 6) is -0.813. The second kappa shape index (κ2) is 29.4. The molecule has 1 fully saturated rings. The van der Waals surface area contributed by atoms with E-state index in [1.807, 2.05) is 6.08 Å². The lowest BCUT2D eigenvalue weighted by Gasteiger charge is -2.39. The molecule has 0 saturated carbocycles. The molecule has 10 heteroatoms. The minimum atomic E-state index is -1.59. The molecule has 0 amide bonds. The van der Waals surface area contributed by atoms with Gasteiger partial charge in [-0.1, -0.05) is 122 Å². The lowest BCUT2D eigenvalue weighted by atomic mass is 9.99. The number of hydrogen-bond donors (Lipinski definition) is 4. The minimum absolute atomic E-state index is 0.214. The summed E-state index contributed by atoms with van der Waals surface area (Å²) in [6, 6.07) is 0. The Bertz CT molecular complexity index is 776. The summed E-state index contributed by atoms with van der Waals surface area (Å²) in [5, 5.41) is 39.8. The van der Waals surface area contributed by atoms with Crippen molar-refractivity contribution in [1.82, 2.24) is 0 Å². The van der Waals surface area contributed by atoms with Crippen molar-refractivity contribution in [2.24, 2.45) is 0 Å². The van der Waals surface area contributed by atoms with Crippen molar-refractivity contribution in [2.45, 2.75) is 191 Å². The van der Waals surface area contributed by atoms with Gasteiger partial charge in [-0.15, -0.1) is 6.58 Å². The van der Waals surface area contributed by atoms with Gasteiger partial charge in [0, 0.05) is 12.8 Å². The van der Waals surface area contributed by atoms with Crippen molar-refractivity contribution in [3.63, 3.8) is 0 Å². The van der Waals surface area contributed by atoms with Gasteiger partial charge < -0.3 is 39.4 Å². The first-order chi connectivity index (χ1) is 22.8. The van der Waals surface area contributed by atoms with Crippen LogP contribution in [0.3, 0.4) is 0 Å². The maximum absolute atomic E-state index is 12.6. The Labute approximate surface area is 284 Å². The SMILES string of the molecule is C=CCCCCCCCCCCCCCCCC(=O)OC[C@@H](CO[C@H]1O[C@@H](CO)[C@@H](O)C(O)C1O)OC(=O)CCCCCCCCC. The molecule has 1 aliphatic heterocycles. The molecule has 6 atom stereocenters. The average molecular weight is 673 g/mol. The van der Waals surface area contributed by atoms with Crippen molar-refractivity contribution in [3.05, 3.63) is 12.7 Å². The zero-order valence-electron chi connectivity index (χ0n) is 29.4. The summed E-state index contributed by atoms with van der Waals surface area (Å²) in [5.41, 5.74) is 0. The van der Waals surface area contributed by atoms with Gasteiger partial charge in [-0.3, -0.25) is 9.59 Å². The van der Waals surface area contributed by atoms with Gasteiger partial charge in [0.15, 0.2) is 12.4 Å². The highest BCUT2D eigenvalue weighted by atomic mass is 16.7. The Morgan fingerprint density at radius 1 is 0.681 bits per heavy atom. The highest BCUT2D eigenvalue weighted by Gasteiger charge is 2.44. The van der Waals surface area contributed by atoms with Crippen LogP contribution in [0.5, 0.6) is 0 Å². The quantitative estimate of drug-likeness (QED) is 0.0368. The number of ether oxygens (including phenoxy) is 4. The van der Waals surface area contributed by atoms with E-state index >= 15 is 0 Å². The van der Waals surface area contributed by atoms with E-state index in [0.717, 1.165) is 44.9 Å². The zero-order valence-corrected chi connectivity index (χ0v) is 29.4. The van der Waals surface area contributed by atoms with Crippen molar-refractivity contribution >= 4 is 11.9 Å². The third kappa shape index (κ3) is 21.9. The molecule has 4 N–H and O–H groups in total. The molecule has 0 aromatic rings. The number of hydrogen-bond acceptors (Lipinski definition) is 10. The van der Waals surface area contributed by atoms with Crippen LogP contribution in [0.15, 0.2) is 12.7 Å². The van der Waals surface area contributed by atoms with Gasteiger partial charge in [0.2, 0.25) is 0 Å². The fraction of sp³-hybridized carbons (Fsp3) is 0.892. The Morgan fingerprint density at radius 3 is 1.68 bits per heavy atom. The Balaban J connectivity index is 2.34. The van der Waals surface area contributed by atoms with Crippen LogP contribution in [0.1, 0.15) is 155 Å². The third-order valence-corrected chi connectivity index (χ3v) is 8.80. The van der Waals surface area contributed by atoms with Crippen LogP contribution < -0.4 is 0 Å². The lowest BCUT2D eigenvalue weighted by Crippen LogP contribution is -2.59. The van der Waals surface area contributed by atoms with Gasteiger partial charge in [0.05, 0.1) is 13.2 Å². The van der Waals surface area contributed by atoms with E-state index in [1.165, 1.54) is 83.5 Å². The molecule has 0 aromatic heterocycles. The molecule has 2 unspecified atom stereocenters. The number of carbonyl (C=O) groups is 2. The van der Waals surface area contributed by atoms with Gasteiger partial charge in [-0.25, -0.2) is 0 Å². The molecule has 0 bridgehead atoms. The van der Waals surface area contributed by atoms with E-state index in [4.69, 9.17) is 18.9 Å². The van der Waals surface area contributed by atoms with Crippen LogP contribution in [0, 0.1) is 0 Å². The zero-order chi connectivity index (χ0) is 34.5. The molecule has 47 heavy (non-hydrogen) atoms. The smallest absolute Gasteiger partial charge is 0.306 e. The average Bonchev–Trinajstić information content (AvgIpc) is 3.06. The summed E-state index contributed by atoms with van der Waals surface area (Å²) in [6.45, 7) is 4.87. The van der Waals surface area contributed by atoms with E-state index in [-0.39, 0.29) is 32.0 Å². The van der Waals surface area contributed by atoms with Crippen LogP contribution in [-0.2, 0) is 28.5 Å². The van der Waals surface area contributed by atoms with Gasteiger partial charge in [-0.2, -0.15) is 0 Å². The monoisotopic (exact) mass is 672 g/mol. The van der Waals surface area contributed by atoms with Crippen LogP contribution in [0.25, 0.3) is 0 Å². The first-order valence-electron chi connectivity index (χ1n) is 18.7. The molecule has 1 heterocycles. The summed E-state index contributed by atoms with van der Waals surface area (Å²) >= 11 is 0. The largest absolute Gasteiger partial charge is 0.462 e. The number of rotatable bonds is 31. The first kappa shape index (κ1) is 43.5. The lowest BCUT2D eigenvalue weighted by molar-refractivity contribution is -0.305. The Morgan fingerprint density at radius 2 is 1.17 bits per heavy atom. The maximum Gasteiger partial charge on any atom is 0.306 e. The molecule has 10 nitrogen and oxygen atoms in total. The number of allylic oxidation sites excluding steroid dienone is 1. The van der Waals surface area contributed by atoms with Gasteiger partial charge >= 0.3 is 11.9 Å². The number of aliphatic hydroxyl groups is 4. The number of carbonyl (C=O) groups excluding carboxylic acids is 2. The molecule has 1 aliphatic rings. The van der Waals surface area contributed by atoms with E-state index in [2.05, 4.69) is 13.5 Å². The van der Waals surface area contributed by atoms with E-state index < -0.39 is 49.4 Å². The minimum Gasteiger partial charge on any atom is -0.462 e. The van der Waals surface area contributed by atoms with Gasteiger partial charge in [0.25, 0.3) is 0 Å². The van der Waals surface area contributed by atoms with Crippen molar-refractivity contribution in [1.29, 1.82) is 0 Å². The molecule has 0 radical (unpaired) electrons. The predicted octanol–water partition coefficient (Wildman–Crippen LogP) is 6.44. The van der Waals surface area contributed by atoms with Crippen LogP contribution >= 0.6 is 0 Å². The van der Waals surface area contributed by atoms with Crippen molar-refractivity contribution in [3.8, 4) is 0 Å². The van der Waals surface area contributed by atoms with E-state index in [0.29, 0.717) is 6.42 Å². The number of esters is 2. The van der Waals surface area contributed by atoms with Crippen molar-refractivity contribution < 1.29 is 49.0 Å². The number of unbranched alkanes of at least 4 members (excludes halogenated alkanes) is 19. The summed E-state index contributed by atoms with van der Waals surface area (Å²) in [7, 11) is 0. The fourth-order valence-electron chi connectivity index (χ4n) is 5.76. The second-order valence-electron chi connectivity index (χ2n) is 13.1. The van der Waals surface area contributed by atoms with Gasteiger partial charge in [0.1, 0.15) is 31.0 Å². The molecular formula is C37H68O10. The summed E-state index contributed by atoms with van der Waals surface area (Å²) < 4.78 is 22.0.